The molecule has 0 aliphatic carbocycles. The van der Waals surface area contributed by atoms with Gasteiger partial charge in [0.1, 0.15) is 23.9 Å². The average Bonchev–Trinajstić information content (AvgIpc) is 4.12. The summed E-state index contributed by atoms with van der Waals surface area (Å²) in [6.07, 6.45) is 3.04. The van der Waals surface area contributed by atoms with Crippen LogP contribution in [-0.4, -0.2) is 100 Å². The van der Waals surface area contributed by atoms with Crippen molar-refractivity contribution in [2.75, 3.05) is 33.9 Å². The summed E-state index contributed by atoms with van der Waals surface area (Å²) in [5.74, 6) is -2.05. The normalized spacial score (nSPS) is 20.6. The molecule has 6 bridgehead atoms. The molecule has 5 atom stereocenters. The summed E-state index contributed by atoms with van der Waals surface area (Å²) < 4.78 is 14.2. The van der Waals surface area contributed by atoms with Crippen molar-refractivity contribution in [3.05, 3.63) is 107 Å². The molecule has 66 heavy (non-hydrogen) atoms. The van der Waals surface area contributed by atoms with Gasteiger partial charge in [0.2, 0.25) is 5.91 Å². The van der Waals surface area contributed by atoms with Crippen LogP contribution in [0.2, 0.25) is 0 Å². The Morgan fingerprint density at radius 1 is 1.03 bits per heavy atom. The Morgan fingerprint density at radius 3 is 2.48 bits per heavy atom. The third-order valence-electron chi connectivity index (χ3n) is 13.3. The van der Waals surface area contributed by atoms with E-state index in [1.807, 2.05) is 51.1 Å². The highest BCUT2D eigenvalue weighted by atomic mass is 16.5. The lowest BCUT2D eigenvalue weighted by atomic mass is 9.84. The highest BCUT2D eigenvalue weighted by molar-refractivity contribution is 5.99. The lowest BCUT2D eigenvalue weighted by molar-refractivity contribution is -0.155. The summed E-state index contributed by atoms with van der Waals surface area (Å²) in [5.41, 5.74) is 11.2. The van der Waals surface area contributed by atoms with Gasteiger partial charge in [0.15, 0.2) is 0 Å². The minimum atomic E-state index is -1.14. The number of nitrogens with zero attached hydrogens (tertiary/aromatic N) is 4. The second-order valence-corrected chi connectivity index (χ2v) is 19.2. The zero-order chi connectivity index (χ0) is 47.0. The van der Waals surface area contributed by atoms with Gasteiger partial charge >= 0.3 is 5.97 Å². The van der Waals surface area contributed by atoms with E-state index in [0.29, 0.717) is 49.5 Å². The number of rotatable bonds is 10. The number of aromatic hydroxyl groups is 1. The zero-order valence-electron chi connectivity index (χ0n) is 39.3. The van der Waals surface area contributed by atoms with E-state index in [4.69, 9.17) is 14.5 Å². The quantitative estimate of drug-likeness (QED) is 0.0853. The molecule has 0 radical (unpaired) electrons. The van der Waals surface area contributed by atoms with Crippen LogP contribution in [0.1, 0.15) is 99.3 Å². The van der Waals surface area contributed by atoms with Crippen LogP contribution in [0.15, 0.2) is 79.0 Å². The van der Waals surface area contributed by atoms with Gasteiger partial charge in [-0.25, -0.2) is 5.43 Å². The molecular weight excluding hydrogens is 835 g/mol. The van der Waals surface area contributed by atoms with Gasteiger partial charge in [0, 0.05) is 79.9 Å². The molecule has 14 nitrogen and oxygen atoms in total. The first kappa shape index (κ1) is 46.4. The van der Waals surface area contributed by atoms with Crippen molar-refractivity contribution < 1.29 is 33.8 Å². The van der Waals surface area contributed by atoms with E-state index in [9.17, 15) is 24.3 Å². The van der Waals surface area contributed by atoms with Crippen molar-refractivity contribution in [1.29, 1.82) is 0 Å². The summed E-state index contributed by atoms with van der Waals surface area (Å²) in [6, 6.07) is 20.4. The first-order chi connectivity index (χ1) is 31.6. The maximum Gasteiger partial charge on any atom is 0.324 e. The van der Waals surface area contributed by atoms with Crippen LogP contribution in [-0.2, 0) is 43.2 Å². The molecule has 8 rings (SSSR count). The number of likely N-dealkylation sites (N-methyl/N-ethyl adjacent to an activating group) is 1. The Labute approximate surface area is 387 Å². The maximum atomic E-state index is 14.7. The molecule has 14 heteroatoms. The average molecular weight is 898 g/mol. The smallest absolute Gasteiger partial charge is 0.324 e. The van der Waals surface area contributed by atoms with E-state index in [-0.39, 0.29) is 36.7 Å². The summed E-state index contributed by atoms with van der Waals surface area (Å²) in [7, 11) is 3.28. The summed E-state index contributed by atoms with van der Waals surface area (Å²) in [5, 5.41) is 20.0. The third-order valence-corrected chi connectivity index (χ3v) is 13.3. The Hall–Kier alpha value is -6.09. The second kappa shape index (κ2) is 19.0. The first-order valence-corrected chi connectivity index (χ1v) is 23.2. The number of fused-ring (bicyclic) bond motifs is 6. The standard InChI is InChI=1S/C52H63N7O7/c1-9-58-44-19-18-35-26-39(44)40(47(58)38-12-10-20-53-45(38)31(4)65-8)27-52(5,6)29-66-51(64)41-13-11-21-59(56-41)50(63)42(24-32-22-36(35)25-37(60)23-32)55-48(61)46(30(2)3)57(7)49(62)34-16-14-33(15-17-34)43-28-54-43/h10,12,14-20,22-23,25-26,30-31,41-43,46,54,56,60H,9,11,13,21,24,27-29H2,1-8H3,(H,55,61)/t31-,41-,42-,43-,46?/m0/s1. The number of benzene rings is 3. The van der Waals surface area contributed by atoms with Crippen LogP contribution in [0.5, 0.6) is 5.75 Å². The molecule has 4 N–H and O–H groups in total. The highest BCUT2D eigenvalue weighted by Crippen LogP contribution is 2.42. The second-order valence-electron chi connectivity index (χ2n) is 19.2. The number of phenols is 1. The minimum Gasteiger partial charge on any atom is -0.508 e. The molecular formula is C52H63N7O7. The molecule has 1 unspecified atom stereocenters. The van der Waals surface area contributed by atoms with Crippen molar-refractivity contribution in [3.8, 4) is 28.1 Å². The monoisotopic (exact) mass is 897 g/mol. The molecule has 3 amide bonds. The SMILES string of the molecule is CCn1c(-c2cccnc2[C@H](C)OC)c2c3cc(ccc31)-c1cc(O)cc(c1)C[C@H](NC(=O)C(C(C)C)N(C)C(=O)c1ccc([C@@H]3CN3)cc1)C(=O)N1CCC[C@H](N1)C(=O)OCC(C)(C)C2. The maximum absolute atomic E-state index is 14.7. The number of nitrogens with one attached hydrogen (secondary N) is 3. The summed E-state index contributed by atoms with van der Waals surface area (Å²) >= 11 is 0. The number of aryl methyl sites for hydroxylation is 1. The number of hydrazine groups is 1. The molecule has 5 aromatic rings. The molecule has 3 aliphatic rings. The van der Waals surface area contributed by atoms with Crippen molar-refractivity contribution in [3.63, 3.8) is 0 Å². The van der Waals surface area contributed by atoms with E-state index in [1.54, 1.807) is 44.6 Å². The molecule has 348 valence electrons. The summed E-state index contributed by atoms with van der Waals surface area (Å²) in [6.45, 7) is 14.0. The Morgan fingerprint density at radius 2 is 1.79 bits per heavy atom. The molecule has 2 fully saturated rings. The van der Waals surface area contributed by atoms with Crippen molar-refractivity contribution >= 4 is 34.6 Å². The van der Waals surface area contributed by atoms with Gasteiger partial charge in [0.25, 0.3) is 11.8 Å². The Bertz CT molecular complexity index is 2640. The molecule has 5 heterocycles. The molecule has 2 saturated heterocycles. The molecule has 3 aliphatic heterocycles. The van der Waals surface area contributed by atoms with Crippen molar-refractivity contribution in [2.24, 2.45) is 11.3 Å². The van der Waals surface area contributed by atoms with Gasteiger partial charge in [-0.05, 0) is 115 Å². The van der Waals surface area contributed by atoms with Crippen molar-refractivity contribution in [1.82, 2.24) is 35.5 Å². The van der Waals surface area contributed by atoms with Gasteiger partial charge in [-0.3, -0.25) is 29.2 Å². The largest absolute Gasteiger partial charge is 0.508 e. The van der Waals surface area contributed by atoms with Gasteiger partial charge in [-0.15, -0.1) is 0 Å². The number of pyridine rings is 1. The van der Waals surface area contributed by atoms with Crippen LogP contribution in [0.25, 0.3) is 33.3 Å². The van der Waals surface area contributed by atoms with Crippen molar-refractivity contribution in [2.45, 2.75) is 104 Å². The number of phenolic OH excluding ortho intramolecular Hbond substituents is 1. The predicted octanol–water partition coefficient (Wildman–Crippen LogP) is 6.89. The highest BCUT2D eigenvalue weighted by Gasteiger charge is 2.38. The van der Waals surface area contributed by atoms with Crippen LogP contribution >= 0.6 is 0 Å². The fourth-order valence-corrected chi connectivity index (χ4v) is 9.73. The van der Waals surface area contributed by atoms with Gasteiger partial charge in [-0.2, -0.15) is 0 Å². The zero-order valence-corrected chi connectivity index (χ0v) is 39.3. The number of ether oxygens (including phenoxy) is 2. The van der Waals surface area contributed by atoms with Crippen LogP contribution in [0.4, 0.5) is 0 Å². The fraction of sp³-hybridized carbons (Fsp3) is 0.442. The lowest BCUT2D eigenvalue weighted by Crippen LogP contribution is -2.62. The van der Waals surface area contributed by atoms with E-state index in [1.165, 1.54) is 9.91 Å². The van der Waals surface area contributed by atoms with Gasteiger partial charge in [0.05, 0.1) is 24.1 Å². The first-order valence-electron chi connectivity index (χ1n) is 23.2. The summed E-state index contributed by atoms with van der Waals surface area (Å²) in [4.78, 5) is 63.3. The number of aromatic nitrogens is 2. The number of cyclic esters (lactones) is 1. The number of hydrogen-bond donors (Lipinski definition) is 4. The lowest BCUT2D eigenvalue weighted by Gasteiger charge is -2.36. The molecule has 3 aromatic carbocycles. The Kier molecular flexibility index (Phi) is 13.4. The van der Waals surface area contributed by atoms with Crippen LogP contribution in [0.3, 0.4) is 0 Å². The molecule has 0 spiro atoms. The number of amides is 3. The number of carbonyl (C=O) groups is 4. The number of carbonyl (C=O) groups excluding carboxylic acids is 4. The van der Waals surface area contributed by atoms with Gasteiger partial charge in [-0.1, -0.05) is 52.0 Å². The van der Waals surface area contributed by atoms with E-state index in [2.05, 4.69) is 59.6 Å². The Balaban J connectivity index is 1.20. The molecule has 2 aromatic heterocycles. The molecule has 0 saturated carbocycles. The topological polar surface area (TPSA) is 177 Å². The predicted molar refractivity (Wildman–Crippen MR) is 253 cm³/mol. The number of methoxy groups -OCH3 is 1. The van der Waals surface area contributed by atoms with Crippen LogP contribution in [0, 0.1) is 11.3 Å². The third kappa shape index (κ3) is 9.58. The van der Waals surface area contributed by atoms with Crippen LogP contribution < -0.4 is 16.1 Å². The minimum absolute atomic E-state index is 0.00374. The number of hydrogen-bond acceptors (Lipinski definition) is 10. The van der Waals surface area contributed by atoms with Gasteiger partial charge < -0.3 is 34.7 Å². The fourth-order valence-electron chi connectivity index (χ4n) is 9.73. The van der Waals surface area contributed by atoms with E-state index in [0.717, 1.165) is 56.7 Å². The van der Waals surface area contributed by atoms with E-state index < -0.39 is 41.3 Å². The van der Waals surface area contributed by atoms with E-state index >= 15 is 0 Å². The number of esters is 1.